The average molecular weight is 235 g/mol. The minimum Gasteiger partial charge on any atom is -0.508 e. The Morgan fingerprint density at radius 2 is 2.06 bits per heavy atom. The third-order valence-electron chi connectivity index (χ3n) is 3.87. The van der Waals surface area contributed by atoms with Crippen molar-refractivity contribution in [2.75, 3.05) is 6.54 Å². The summed E-state index contributed by atoms with van der Waals surface area (Å²) in [5.74, 6) is 0.992. The van der Waals surface area contributed by atoms with Gasteiger partial charge < -0.3 is 15.5 Å². The van der Waals surface area contributed by atoms with E-state index in [0.717, 1.165) is 18.0 Å². The number of benzene rings is 1. The van der Waals surface area contributed by atoms with Crippen molar-refractivity contribution < 1.29 is 10.2 Å². The monoisotopic (exact) mass is 235 g/mol. The maximum Gasteiger partial charge on any atom is 0.124 e. The van der Waals surface area contributed by atoms with E-state index < -0.39 is 0 Å². The van der Waals surface area contributed by atoms with Gasteiger partial charge in [0.05, 0.1) is 0 Å². The average Bonchev–Trinajstić information content (AvgIpc) is 2.83. The van der Waals surface area contributed by atoms with Gasteiger partial charge in [-0.1, -0.05) is 19.9 Å². The van der Waals surface area contributed by atoms with Crippen LogP contribution in [0.3, 0.4) is 0 Å². The van der Waals surface area contributed by atoms with Crippen LogP contribution < -0.4 is 5.32 Å². The van der Waals surface area contributed by atoms with Crippen LogP contribution in [0.5, 0.6) is 11.5 Å². The Morgan fingerprint density at radius 1 is 1.41 bits per heavy atom. The summed E-state index contributed by atoms with van der Waals surface area (Å²) in [6.45, 7) is 7.57. The number of aromatic hydroxyl groups is 2. The minimum atomic E-state index is 0.0989. The topological polar surface area (TPSA) is 52.5 Å². The second kappa shape index (κ2) is 4.22. The summed E-state index contributed by atoms with van der Waals surface area (Å²) in [6.07, 6.45) is 1.27. The molecule has 0 radical (unpaired) electrons. The lowest BCUT2D eigenvalue weighted by Gasteiger charge is -2.16. The van der Waals surface area contributed by atoms with Crippen molar-refractivity contribution in [3.05, 3.63) is 23.8 Å². The molecule has 94 valence electrons. The molecule has 1 aliphatic rings. The standard InChI is InChI=1S/C14H21NO2/c1-9(15-8-10-7-14(10,2)3)12-5-4-11(16)6-13(12)17/h4-6,9-10,15-17H,7-8H2,1-3H3. The zero-order valence-electron chi connectivity index (χ0n) is 10.7. The lowest BCUT2D eigenvalue weighted by Crippen LogP contribution is -2.22. The second-order valence-corrected chi connectivity index (χ2v) is 5.76. The number of hydrogen-bond acceptors (Lipinski definition) is 3. The van der Waals surface area contributed by atoms with E-state index in [-0.39, 0.29) is 17.5 Å². The third-order valence-corrected chi connectivity index (χ3v) is 3.87. The Labute approximate surface area is 102 Å². The normalized spacial score (nSPS) is 23.4. The maximum atomic E-state index is 9.75. The van der Waals surface area contributed by atoms with Crippen LogP contribution in [0.15, 0.2) is 18.2 Å². The first kappa shape index (κ1) is 12.2. The molecule has 3 heteroatoms. The Morgan fingerprint density at radius 3 is 2.59 bits per heavy atom. The van der Waals surface area contributed by atoms with Crippen LogP contribution in [0.2, 0.25) is 0 Å². The Hall–Kier alpha value is -1.22. The van der Waals surface area contributed by atoms with E-state index in [9.17, 15) is 10.2 Å². The van der Waals surface area contributed by atoms with Gasteiger partial charge in [-0.05, 0) is 37.3 Å². The zero-order chi connectivity index (χ0) is 12.6. The van der Waals surface area contributed by atoms with Crippen LogP contribution >= 0.6 is 0 Å². The van der Waals surface area contributed by atoms with Crippen molar-refractivity contribution in [3.63, 3.8) is 0 Å². The van der Waals surface area contributed by atoms with Crippen molar-refractivity contribution in [1.29, 1.82) is 0 Å². The molecule has 0 aromatic heterocycles. The summed E-state index contributed by atoms with van der Waals surface area (Å²) in [4.78, 5) is 0. The molecule has 0 amide bonds. The lowest BCUT2D eigenvalue weighted by atomic mass is 10.1. The van der Waals surface area contributed by atoms with Gasteiger partial charge in [0, 0.05) is 17.7 Å². The predicted octanol–water partition coefficient (Wildman–Crippen LogP) is 2.79. The van der Waals surface area contributed by atoms with Gasteiger partial charge in [-0.25, -0.2) is 0 Å². The van der Waals surface area contributed by atoms with Gasteiger partial charge in [0.25, 0.3) is 0 Å². The highest BCUT2D eigenvalue weighted by Crippen LogP contribution is 2.51. The lowest BCUT2D eigenvalue weighted by molar-refractivity contribution is 0.430. The Kier molecular flexibility index (Phi) is 3.04. The van der Waals surface area contributed by atoms with E-state index in [1.807, 2.05) is 6.92 Å². The molecule has 3 N–H and O–H groups in total. The maximum absolute atomic E-state index is 9.75. The number of nitrogens with one attached hydrogen (secondary N) is 1. The molecule has 0 spiro atoms. The summed E-state index contributed by atoms with van der Waals surface area (Å²) in [6, 6.07) is 4.86. The molecule has 3 nitrogen and oxygen atoms in total. The van der Waals surface area contributed by atoms with Crippen molar-refractivity contribution in [2.24, 2.45) is 11.3 Å². The SMILES string of the molecule is CC(NCC1CC1(C)C)c1ccc(O)cc1O. The molecule has 1 saturated carbocycles. The van der Waals surface area contributed by atoms with Crippen LogP contribution in [-0.2, 0) is 0 Å². The van der Waals surface area contributed by atoms with Crippen LogP contribution in [-0.4, -0.2) is 16.8 Å². The van der Waals surface area contributed by atoms with Gasteiger partial charge in [-0.15, -0.1) is 0 Å². The van der Waals surface area contributed by atoms with Gasteiger partial charge in [-0.3, -0.25) is 0 Å². The van der Waals surface area contributed by atoms with E-state index in [2.05, 4.69) is 19.2 Å². The molecular formula is C14H21NO2. The summed E-state index contributed by atoms with van der Waals surface area (Å²) in [7, 11) is 0. The second-order valence-electron chi connectivity index (χ2n) is 5.76. The molecule has 1 aliphatic carbocycles. The molecular weight excluding hydrogens is 214 g/mol. The third kappa shape index (κ3) is 2.72. The van der Waals surface area contributed by atoms with Gasteiger partial charge >= 0.3 is 0 Å². The smallest absolute Gasteiger partial charge is 0.124 e. The fourth-order valence-corrected chi connectivity index (χ4v) is 2.25. The van der Waals surface area contributed by atoms with Crippen molar-refractivity contribution >= 4 is 0 Å². The molecule has 1 fully saturated rings. The van der Waals surface area contributed by atoms with E-state index in [1.165, 1.54) is 12.5 Å². The predicted molar refractivity (Wildman–Crippen MR) is 68.1 cm³/mol. The molecule has 17 heavy (non-hydrogen) atoms. The largest absolute Gasteiger partial charge is 0.508 e. The molecule has 1 aromatic carbocycles. The van der Waals surface area contributed by atoms with Gasteiger partial charge in [0.15, 0.2) is 0 Å². The number of rotatable bonds is 4. The highest BCUT2D eigenvalue weighted by molar-refractivity contribution is 5.40. The fourth-order valence-electron chi connectivity index (χ4n) is 2.25. The van der Waals surface area contributed by atoms with Crippen LogP contribution in [0.25, 0.3) is 0 Å². The van der Waals surface area contributed by atoms with Crippen LogP contribution in [0, 0.1) is 11.3 Å². The Balaban J connectivity index is 1.93. The van der Waals surface area contributed by atoms with Gasteiger partial charge in [0.2, 0.25) is 0 Å². The van der Waals surface area contributed by atoms with Crippen molar-refractivity contribution in [1.82, 2.24) is 5.32 Å². The van der Waals surface area contributed by atoms with E-state index in [4.69, 9.17) is 0 Å². The number of hydrogen-bond donors (Lipinski definition) is 3. The summed E-state index contributed by atoms with van der Waals surface area (Å²) < 4.78 is 0. The zero-order valence-corrected chi connectivity index (χ0v) is 10.7. The minimum absolute atomic E-state index is 0.0989. The van der Waals surface area contributed by atoms with Gasteiger partial charge in [-0.2, -0.15) is 0 Å². The molecule has 2 unspecified atom stereocenters. The summed E-state index contributed by atoms with van der Waals surface area (Å²) in [5, 5.41) is 22.4. The highest BCUT2D eigenvalue weighted by Gasteiger charge is 2.44. The summed E-state index contributed by atoms with van der Waals surface area (Å²) >= 11 is 0. The van der Waals surface area contributed by atoms with Crippen LogP contribution in [0.4, 0.5) is 0 Å². The molecule has 0 saturated heterocycles. The van der Waals surface area contributed by atoms with Crippen molar-refractivity contribution in [2.45, 2.75) is 33.2 Å². The molecule has 0 bridgehead atoms. The number of phenolic OH excluding ortho intramolecular Hbond substituents is 2. The first-order chi connectivity index (χ1) is 7.90. The molecule has 2 rings (SSSR count). The van der Waals surface area contributed by atoms with E-state index >= 15 is 0 Å². The molecule has 0 heterocycles. The summed E-state index contributed by atoms with van der Waals surface area (Å²) in [5.41, 5.74) is 1.31. The fraction of sp³-hybridized carbons (Fsp3) is 0.571. The van der Waals surface area contributed by atoms with E-state index in [0.29, 0.717) is 5.41 Å². The first-order valence-corrected chi connectivity index (χ1v) is 6.15. The quantitative estimate of drug-likeness (QED) is 0.752. The van der Waals surface area contributed by atoms with Gasteiger partial charge in [0.1, 0.15) is 11.5 Å². The molecule has 1 aromatic rings. The van der Waals surface area contributed by atoms with E-state index in [1.54, 1.807) is 12.1 Å². The van der Waals surface area contributed by atoms with Crippen LogP contribution in [0.1, 0.15) is 38.8 Å². The highest BCUT2D eigenvalue weighted by atomic mass is 16.3. The first-order valence-electron chi connectivity index (χ1n) is 6.15. The number of phenols is 2. The molecule has 0 aliphatic heterocycles. The van der Waals surface area contributed by atoms with Crippen molar-refractivity contribution in [3.8, 4) is 11.5 Å². The molecule has 2 atom stereocenters. The Bertz CT molecular complexity index is 415.